The van der Waals surface area contributed by atoms with E-state index in [1.54, 1.807) is 11.0 Å². The Hall–Kier alpha value is -3.66. The molecule has 0 bridgehead atoms. The van der Waals surface area contributed by atoms with Gasteiger partial charge in [-0.05, 0) is 23.1 Å². The number of hydrogen-bond donors (Lipinski definition) is 1. The average Bonchev–Trinajstić information content (AvgIpc) is 2.85. The molecule has 3 aromatic carbocycles. The molecule has 32 heavy (non-hydrogen) atoms. The highest BCUT2D eigenvalue weighted by atomic mass is 16.2. The number of carbonyl (C=O) groups is 2. The van der Waals surface area contributed by atoms with Crippen LogP contribution in [0.5, 0.6) is 0 Å². The Kier molecular flexibility index (Phi) is 8.81. The molecule has 2 amide bonds. The van der Waals surface area contributed by atoms with Crippen molar-refractivity contribution in [1.82, 2.24) is 10.2 Å². The molecule has 0 saturated heterocycles. The van der Waals surface area contributed by atoms with Crippen LogP contribution in [0.25, 0.3) is 0 Å². The molecular weight excluding hydrogens is 396 g/mol. The molecular formula is C28H30N2O2. The monoisotopic (exact) mass is 426 g/mol. The van der Waals surface area contributed by atoms with Gasteiger partial charge in [0.15, 0.2) is 0 Å². The second-order valence-electron chi connectivity index (χ2n) is 7.73. The Morgan fingerprint density at radius 3 is 1.91 bits per heavy atom. The van der Waals surface area contributed by atoms with E-state index in [9.17, 15) is 9.59 Å². The topological polar surface area (TPSA) is 49.4 Å². The van der Waals surface area contributed by atoms with E-state index in [1.165, 1.54) is 0 Å². The van der Waals surface area contributed by atoms with E-state index in [0.29, 0.717) is 32.4 Å². The van der Waals surface area contributed by atoms with Gasteiger partial charge >= 0.3 is 0 Å². The summed E-state index contributed by atoms with van der Waals surface area (Å²) < 4.78 is 0. The first-order chi connectivity index (χ1) is 15.7. The van der Waals surface area contributed by atoms with Crippen molar-refractivity contribution in [3.8, 4) is 0 Å². The largest absolute Gasteiger partial charge is 0.351 e. The zero-order valence-electron chi connectivity index (χ0n) is 18.3. The van der Waals surface area contributed by atoms with Crippen molar-refractivity contribution in [2.24, 2.45) is 0 Å². The van der Waals surface area contributed by atoms with Crippen LogP contribution in [0.4, 0.5) is 0 Å². The highest BCUT2D eigenvalue weighted by Crippen LogP contribution is 2.17. The van der Waals surface area contributed by atoms with E-state index in [1.807, 2.05) is 91.0 Å². The van der Waals surface area contributed by atoms with Crippen LogP contribution in [0.1, 0.15) is 23.1 Å². The summed E-state index contributed by atoms with van der Waals surface area (Å²) in [7, 11) is 0. The Bertz CT molecular complexity index is 988. The zero-order valence-corrected chi connectivity index (χ0v) is 18.3. The lowest BCUT2D eigenvalue weighted by Crippen LogP contribution is -2.50. The van der Waals surface area contributed by atoms with Gasteiger partial charge in [-0.3, -0.25) is 9.59 Å². The third-order valence-corrected chi connectivity index (χ3v) is 5.36. The lowest BCUT2D eigenvalue weighted by Gasteiger charge is -2.31. The number of hydrogen-bond acceptors (Lipinski definition) is 2. The molecule has 0 aliphatic heterocycles. The fourth-order valence-corrected chi connectivity index (χ4v) is 3.66. The van der Waals surface area contributed by atoms with Crippen LogP contribution in [-0.2, 0) is 29.0 Å². The number of carbonyl (C=O) groups excluding carboxylic acids is 2. The first kappa shape index (κ1) is 23.0. The molecule has 3 rings (SSSR count). The molecule has 0 heterocycles. The maximum Gasteiger partial charge on any atom is 0.243 e. The van der Waals surface area contributed by atoms with E-state index < -0.39 is 6.04 Å². The van der Waals surface area contributed by atoms with Gasteiger partial charge in [-0.2, -0.15) is 0 Å². The molecule has 164 valence electrons. The second kappa shape index (κ2) is 12.3. The summed E-state index contributed by atoms with van der Waals surface area (Å²) in [5, 5.41) is 2.90. The van der Waals surface area contributed by atoms with Crippen molar-refractivity contribution in [3.05, 3.63) is 120 Å². The highest BCUT2D eigenvalue weighted by Gasteiger charge is 2.29. The van der Waals surface area contributed by atoms with Crippen molar-refractivity contribution >= 4 is 11.8 Å². The number of amides is 2. The maximum absolute atomic E-state index is 13.5. The van der Waals surface area contributed by atoms with Crippen molar-refractivity contribution in [1.29, 1.82) is 0 Å². The first-order valence-electron chi connectivity index (χ1n) is 11.0. The van der Waals surface area contributed by atoms with Gasteiger partial charge in [0.1, 0.15) is 6.04 Å². The summed E-state index contributed by atoms with van der Waals surface area (Å²) in [6, 6.07) is 29.0. The van der Waals surface area contributed by atoms with Crippen molar-refractivity contribution in [3.63, 3.8) is 0 Å². The first-order valence-corrected chi connectivity index (χ1v) is 11.0. The lowest BCUT2D eigenvalue weighted by molar-refractivity contribution is -0.141. The van der Waals surface area contributed by atoms with E-state index in [0.717, 1.165) is 16.7 Å². The number of aryl methyl sites for hydroxylation is 1. The predicted octanol–water partition coefficient (Wildman–Crippen LogP) is 4.56. The molecule has 0 fully saturated rings. The Labute approximate surface area is 190 Å². The van der Waals surface area contributed by atoms with Crippen LogP contribution in [0.2, 0.25) is 0 Å². The molecule has 1 atom stereocenters. The zero-order chi connectivity index (χ0) is 22.6. The molecule has 0 unspecified atom stereocenters. The minimum atomic E-state index is -0.610. The fourth-order valence-electron chi connectivity index (χ4n) is 3.66. The normalized spacial score (nSPS) is 11.4. The van der Waals surface area contributed by atoms with Crippen molar-refractivity contribution < 1.29 is 9.59 Å². The predicted molar refractivity (Wildman–Crippen MR) is 129 cm³/mol. The van der Waals surface area contributed by atoms with Gasteiger partial charge < -0.3 is 10.2 Å². The van der Waals surface area contributed by atoms with Gasteiger partial charge in [0.05, 0.1) is 0 Å². The molecule has 0 saturated carbocycles. The smallest absolute Gasteiger partial charge is 0.243 e. The molecule has 1 N–H and O–H groups in total. The summed E-state index contributed by atoms with van der Waals surface area (Å²) in [6.07, 6.45) is 3.08. The summed E-state index contributed by atoms with van der Waals surface area (Å²) in [6.45, 7) is 4.44. The van der Waals surface area contributed by atoms with E-state index in [4.69, 9.17) is 0 Å². The Morgan fingerprint density at radius 1 is 0.812 bits per heavy atom. The summed E-state index contributed by atoms with van der Waals surface area (Å²) >= 11 is 0. The van der Waals surface area contributed by atoms with Gasteiger partial charge in [0, 0.05) is 25.9 Å². The molecule has 0 aliphatic rings. The third-order valence-electron chi connectivity index (χ3n) is 5.36. The third kappa shape index (κ3) is 6.95. The van der Waals surface area contributed by atoms with Crippen LogP contribution in [0, 0.1) is 0 Å². The van der Waals surface area contributed by atoms with Gasteiger partial charge in [-0.1, -0.05) is 97.1 Å². The van der Waals surface area contributed by atoms with Crippen molar-refractivity contribution in [2.75, 3.05) is 6.54 Å². The number of nitrogens with one attached hydrogen (secondary N) is 1. The second-order valence-corrected chi connectivity index (χ2v) is 7.73. The number of nitrogens with zero attached hydrogens (tertiary/aromatic N) is 1. The maximum atomic E-state index is 13.5. The van der Waals surface area contributed by atoms with E-state index in [-0.39, 0.29) is 11.8 Å². The lowest BCUT2D eigenvalue weighted by atomic mass is 10.0. The van der Waals surface area contributed by atoms with Crippen LogP contribution < -0.4 is 5.32 Å². The molecule has 4 nitrogen and oxygen atoms in total. The van der Waals surface area contributed by atoms with Crippen LogP contribution >= 0.6 is 0 Å². The fraction of sp³-hybridized carbons (Fsp3) is 0.214. The summed E-state index contributed by atoms with van der Waals surface area (Å²) in [5.41, 5.74) is 3.12. The van der Waals surface area contributed by atoms with Crippen molar-refractivity contribution in [2.45, 2.75) is 31.8 Å². The summed E-state index contributed by atoms with van der Waals surface area (Å²) in [5.74, 6) is -0.204. The quantitative estimate of drug-likeness (QED) is 0.457. The molecule has 3 aromatic rings. The van der Waals surface area contributed by atoms with E-state index in [2.05, 4.69) is 11.9 Å². The van der Waals surface area contributed by atoms with Gasteiger partial charge in [0.2, 0.25) is 11.8 Å². The molecule has 4 heteroatoms. The van der Waals surface area contributed by atoms with Gasteiger partial charge in [-0.25, -0.2) is 0 Å². The number of benzene rings is 3. The molecule has 0 aliphatic carbocycles. The minimum Gasteiger partial charge on any atom is -0.351 e. The minimum absolute atomic E-state index is 0.0348. The number of rotatable bonds is 11. The summed E-state index contributed by atoms with van der Waals surface area (Å²) in [4.78, 5) is 28.3. The molecule has 0 radical (unpaired) electrons. The van der Waals surface area contributed by atoms with E-state index >= 15 is 0 Å². The van der Waals surface area contributed by atoms with Crippen LogP contribution in [-0.4, -0.2) is 29.3 Å². The van der Waals surface area contributed by atoms with Gasteiger partial charge in [0.25, 0.3) is 0 Å². The molecule has 0 spiro atoms. The SMILES string of the molecule is C=CCNC(=O)[C@@H](Cc1ccccc1)N(Cc1ccccc1)C(=O)CCc1ccccc1. The van der Waals surface area contributed by atoms with Gasteiger partial charge in [-0.15, -0.1) is 6.58 Å². The highest BCUT2D eigenvalue weighted by molar-refractivity contribution is 5.88. The standard InChI is InChI=1S/C28H30N2O2/c1-2-20-29-28(32)26(21-24-14-8-4-9-15-24)30(22-25-16-10-5-11-17-25)27(31)19-18-23-12-6-3-7-13-23/h2-17,26H,1,18-22H2,(H,29,32)/t26-/m1/s1. The van der Waals surface area contributed by atoms with Crippen LogP contribution in [0.3, 0.4) is 0 Å². The average molecular weight is 427 g/mol. The molecule has 0 aromatic heterocycles. The Morgan fingerprint density at radius 2 is 1.34 bits per heavy atom. The van der Waals surface area contributed by atoms with Crippen LogP contribution in [0.15, 0.2) is 104 Å². The Balaban J connectivity index is 1.86.